The zero-order chi connectivity index (χ0) is 15.6. The molecule has 0 aromatic heterocycles. The quantitative estimate of drug-likeness (QED) is 0.410. The number of unbranched alkanes of at least 4 members (excludes halogenated alkanes) is 6. The summed E-state index contributed by atoms with van der Waals surface area (Å²) in [6.07, 6.45) is 9.85. The average molecular weight is 298 g/mol. The van der Waals surface area contributed by atoms with Crippen LogP contribution in [0.3, 0.4) is 0 Å². The van der Waals surface area contributed by atoms with Crippen molar-refractivity contribution in [3.8, 4) is 5.75 Å². The minimum Gasteiger partial charge on any atom is -0.493 e. The van der Waals surface area contributed by atoms with Gasteiger partial charge in [0.15, 0.2) is 0 Å². The van der Waals surface area contributed by atoms with Gasteiger partial charge in [-0.05, 0) is 23.9 Å². The van der Waals surface area contributed by atoms with Crippen molar-refractivity contribution in [1.82, 2.24) is 0 Å². The summed E-state index contributed by atoms with van der Waals surface area (Å²) >= 11 is 0. The second kappa shape index (κ2) is 9.24. The van der Waals surface area contributed by atoms with Gasteiger partial charge in [0.2, 0.25) is 0 Å². The summed E-state index contributed by atoms with van der Waals surface area (Å²) in [5.74, 6) is 0.882. The predicted octanol–water partition coefficient (Wildman–Crippen LogP) is 5.78. The number of aldehydes is 1. The lowest BCUT2D eigenvalue weighted by atomic mass is 10.1. The molecule has 0 aliphatic heterocycles. The Kier molecular flexibility index (Phi) is 6.95. The zero-order valence-electron chi connectivity index (χ0n) is 13.5. The number of hydrogen-bond acceptors (Lipinski definition) is 2. The maximum Gasteiger partial charge on any atom is 0.150 e. The molecule has 0 saturated heterocycles. The Morgan fingerprint density at radius 1 is 0.955 bits per heavy atom. The van der Waals surface area contributed by atoms with Crippen LogP contribution >= 0.6 is 0 Å². The summed E-state index contributed by atoms with van der Waals surface area (Å²) in [6, 6.07) is 11.8. The van der Waals surface area contributed by atoms with Gasteiger partial charge in [-0.3, -0.25) is 4.79 Å². The van der Waals surface area contributed by atoms with E-state index < -0.39 is 0 Å². The van der Waals surface area contributed by atoms with Gasteiger partial charge in [0.05, 0.1) is 6.61 Å². The summed E-state index contributed by atoms with van der Waals surface area (Å²) < 4.78 is 5.93. The van der Waals surface area contributed by atoms with Crippen molar-refractivity contribution in [2.24, 2.45) is 0 Å². The smallest absolute Gasteiger partial charge is 0.150 e. The van der Waals surface area contributed by atoms with E-state index in [-0.39, 0.29) is 0 Å². The van der Waals surface area contributed by atoms with E-state index in [0.29, 0.717) is 5.56 Å². The van der Waals surface area contributed by atoms with E-state index in [1.165, 1.54) is 38.5 Å². The second-order valence-corrected chi connectivity index (χ2v) is 5.82. The first-order valence-electron chi connectivity index (χ1n) is 8.46. The molecule has 0 bridgehead atoms. The molecule has 0 atom stereocenters. The lowest BCUT2D eigenvalue weighted by Crippen LogP contribution is -1.98. The molecule has 0 fully saturated rings. The maximum atomic E-state index is 10.9. The van der Waals surface area contributed by atoms with E-state index in [9.17, 15) is 4.79 Å². The van der Waals surface area contributed by atoms with E-state index in [0.717, 1.165) is 35.8 Å². The van der Waals surface area contributed by atoms with Crippen LogP contribution in [0.1, 0.15) is 62.2 Å². The third-order valence-corrected chi connectivity index (χ3v) is 4.01. The third kappa shape index (κ3) is 4.87. The molecule has 2 heteroatoms. The van der Waals surface area contributed by atoms with Gasteiger partial charge in [-0.25, -0.2) is 0 Å². The Labute approximate surface area is 133 Å². The van der Waals surface area contributed by atoms with Crippen LogP contribution in [0.4, 0.5) is 0 Å². The van der Waals surface area contributed by atoms with Crippen LogP contribution in [0.2, 0.25) is 0 Å². The minimum absolute atomic E-state index is 0.694. The molecule has 0 radical (unpaired) electrons. The summed E-state index contributed by atoms with van der Waals surface area (Å²) in [7, 11) is 0. The monoisotopic (exact) mass is 298 g/mol. The van der Waals surface area contributed by atoms with Gasteiger partial charge < -0.3 is 4.74 Å². The highest BCUT2D eigenvalue weighted by Crippen LogP contribution is 2.26. The molecule has 0 unspecified atom stereocenters. The lowest BCUT2D eigenvalue weighted by molar-refractivity contribution is 0.112. The number of fused-ring (bicyclic) bond motifs is 1. The number of carbonyl (C=O) groups excluding carboxylic acids is 1. The van der Waals surface area contributed by atoms with E-state index in [1.807, 2.05) is 36.4 Å². The van der Waals surface area contributed by atoms with E-state index in [1.54, 1.807) is 0 Å². The van der Waals surface area contributed by atoms with Crippen LogP contribution < -0.4 is 4.74 Å². The molecule has 118 valence electrons. The number of rotatable bonds is 10. The zero-order valence-corrected chi connectivity index (χ0v) is 13.5. The third-order valence-electron chi connectivity index (χ3n) is 4.01. The standard InChI is InChI=1S/C20H26O2/c1-2-3-4-5-6-7-8-14-22-20-11-9-10-18-13-12-17(16-21)15-19(18)20/h9-13,15-16H,2-8,14H2,1H3. The predicted molar refractivity (Wildman–Crippen MR) is 92.8 cm³/mol. The van der Waals surface area contributed by atoms with E-state index >= 15 is 0 Å². The fourth-order valence-electron chi connectivity index (χ4n) is 2.70. The molecule has 0 amide bonds. The first-order chi connectivity index (χ1) is 10.8. The highest BCUT2D eigenvalue weighted by molar-refractivity contribution is 5.92. The Morgan fingerprint density at radius 3 is 2.50 bits per heavy atom. The normalized spacial score (nSPS) is 10.8. The molecule has 2 aromatic rings. The number of hydrogen-bond donors (Lipinski definition) is 0. The molecule has 2 rings (SSSR count). The highest BCUT2D eigenvalue weighted by atomic mass is 16.5. The van der Waals surface area contributed by atoms with Gasteiger partial charge in [0.25, 0.3) is 0 Å². The van der Waals surface area contributed by atoms with Gasteiger partial charge >= 0.3 is 0 Å². The van der Waals surface area contributed by atoms with Gasteiger partial charge in [-0.15, -0.1) is 0 Å². The largest absolute Gasteiger partial charge is 0.493 e. The van der Waals surface area contributed by atoms with Crippen molar-refractivity contribution in [2.75, 3.05) is 6.61 Å². The maximum absolute atomic E-state index is 10.9. The molecule has 0 spiro atoms. The van der Waals surface area contributed by atoms with Crippen molar-refractivity contribution >= 4 is 17.1 Å². The highest BCUT2D eigenvalue weighted by Gasteiger charge is 2.03. The average Bonchev–Trinajstić information content (AvgIpc) is 2.57. The lowest BCUT2D eigenvalue weighted by Gasteiger charge is -2.10. The van der Waals surface area contributed by atoms with Crippen LogP contribution in [0, 0.1) is 0 Å². The van der Waals surface area contributed by atoms with Crippen molar-refractivity contribution in [2.45, 2.75) is 51.9 Å². The first-order valence-corrected chi connectivity index (χ1v) is 8.46. The SMILES string of the molecule is CCCCCCCCCOc1cccc2ccc(C=O)cc12. The number of benzene rings is 2. The number of carbonyl (C=O) groups is 1. The molecular formula is C20H26O2. The van der Waals surface area contributed by atoms with Crippen LogP contribution in [0.25, 0.3) is 10.8 Å². The molecule has 0 aliphatic rings. The topological polar surface area (TPSA) is 26.3 Å². The van der Waals surface area contributed by atoms with Crippen molar-refractivity contribution < 1.29 is 9.53 Å². The van der Waals surface area contributed by atoms with Crippen molar-refractivity contribution in [3.63, 3.8) is 0 Å². The fourth-order valence-corrected chi connectivity index (χ4v) is 2.70. The summed E-state index contributed by atoms with van der Waals surface area (Å²) in [5, 5.41) is 2.14. The van der Waals surface area contributed by atoms with Crippen molar-refractivity contribution in [1.29, 1.82) is 0 Å². The van der Waals surface area contributed by atoms with Crippen LogP contribution in [-0.4, -0.2) is 12.9 Å². The van der Waals surface area contributed by atoms with Crippen LogP contribution in [0.5, 0.6) is 5.75 Å². The molecule has 0 aliphatic carbocycles. The minimum atomic E-state index is 0.694. The molecule has 2 nitrogen and oxygen atoms in total. The summed E-state index contributed by atoms with van der Waals surface area (Å²) in [4.78, 5) is 10.9. The molecule has 0 saturated carbocycles. The summed E-state index contributed by atoms with van der Waals surface area (Å²) in [5.41, 5.74) is 0.694. The Bertz CT molecular complexity index is 589. The van der Waals surface area contributed by atoms with Crippen LogP contribution in [0.15, 0.2) is 36.4 Å². The Hall–Kier alpha value is -1.83. The Balaban J connectivity index is 1.82. The van der Waals surface area contributed by atoms with E-state index in [4.69, 9.17) is 4.74 Å². The number of ether oxygens (including phenoxy) is 1. The van der Waals surface area contributed by atoms with Gasteiger partial charge in [0.1, 0.15) is 12.0 Å². The molecule has 22 heavy (non-hydrogen) atoms. The van der Waals surface area contributed by atoms with Crippen LogP contribution in [-0.2, 0) is 0 Å². The van der Waals surface area contributed by atoms with Gasteiger partial charge in [-0.1, -0.05) is 69.7 Å². The summed E-state index contributed by atoms with van der Waals surface area (Å²) in [6.45, 7) is 2.99. The van der Waals surface area contributed by atoms with Gasteiger partial charge in [-0.2, -0.15) is 0 Å². The van der Waals surface area contributed by atoms with E-state index in [2.05, 4.69) is 6.92 Å². The molecular weight excluding hydrogens is 272 g/mol. The second-order valence-electron chi connectivity index (χ2n) is 5.82. The first kappa shape index (κ1) is 16.5. The molecule has 0 N–H and O–H groups in total. The Morgan fingerprint density at radius 2 is 1.73 bits per heavy atom. The fraction of sp³-hybridized carbons (Fsp3) is 0.450. The van der Waals surface area contributed by atoms with Gasteiger partial charge in [0, 0.05) is 10.9 Å². The molecule has 2 aromatic carbocycles. The molecule has 0 heterocycles. The van der Waals surface area contributed by atoms with Crippen molar-refractivity contribution in [3.05, 3.63) is 42.0 Å².